The Morgan fingerprint density at radius 1 is 0.441 bits per heavy atom. The second-order valence-corrected chi connectivity index (χ2v) is 17.1. The molecule has 9 aromatic rings. The maximum atomic E-state index is 7.13. The van der Waals surface area contributed by atoms with Crippen molar-refractivity contribution in [1.29, 1.82) is 0 Å². The molecular formula is C62H42N2O4. The Bertz CT molecular complexity index is 3480. The number of benzene rings is 9. The molecule has 0 atom stereocenters. The van der Waals surface area contributed by atoms with Crippen molar-refractivity contribution in [2.75, 3.05) is 9.80 Å². The first-order valence-corrected chi connectivity index (χ1v) is 22.9. The molecule has 0 aromatic heterocycles. The minimum absolute atomic E-state index is 0.605. The number of allylic oxidation sites excluding steroid dienone is 2. The monoisotopic (exact) mass is 878 g/mol. The Hall–Kier alpha value is -9.00. The fraction of sp³-hybridized carbons (Fsp3) is 0.0323. The summed E-state index contributed by atoms with van der Waals surface area (Å²) in [6, 6.07) is 69.2. The predicted molar refractivity (Wildman–Crippen MR) is 273 cm³/mol. The summed E-state index contributed by atoms with van der Waals surface area (Å²) in [6.07, 6.45) is 8.34. The maximum Gasteiger partial charge on any atom is 0.194 e. The summed E-state index contributed by atoms with van der Waals surface area (Å²) in [5.74, 6) is 5.00. The van der Waals surface area contributed by atoms with E-state index in [1.54, 1.807) is 0 Å². The summed E-state index contributed by atoms with van der Waals surface area (Å²) >= 11 is 0. The molecule has 2 aliphatic heterocycles. The van der Waals surface area contributed by atoms with Gasteiger partial charge in [0, 0.05) is 28.3 Å². The van der Waals surface area contributed by atoms with E-state index in [1.165, 1.54) is 0 Å². The number of rotatable bonds is 7. The third-order valence-corrected chi connectivity index (χ3v) is 13.5. The van der Waals surface area contributed by atoms with Crippen molar-refractivity contribution in [3.8, 4) is 57.1 Å². The first kappa shape index (κ1) is 39.4. The van der Waals surface area contributed by atoms with Crippen LogP contribution in [-0.2, 0) is 5.41 Å². The van der Waals surface area contributed by atoms with Gasteiger partial charge in [-0.1, -0.05) is 146 Å². The van der Waals surface area contributed by atoms with Gasteiger partial charge in [-0.15, -0.1) is 0 Å². The van der Waals surface area contributed by atoms with Crippen molar-refractivity contribution < 1.29 is 18.9 Å². The van der Waals surface area contributed by atoms with E-state index in [2.05, 4.69) is 180 Å². The molecule has 9 aromatic carbocycles. The first-order valence-electron chi connectivity index (χ1n) is 22.9. The minimum Gasteiger partial charge on any atom is -0.449 e. The SMILES string of the molecule is C=C/C(=C\C)N(c1ccccc1)c1cc2c(c3c1Oc1ccccc1O3)C=Cc1cc3c(cc1C21c2ccccc2-c2ccccc21)Oc1cccc(N(c2ccccc2)c2ccccc2)c1O3. The molecule has 0 radical (unpaired) electrons. The zero-order valence-corrected chi connectivity index (χ0v) is 37.1. The molecule has 0 unspecified atom stereocenters. The van der Waals surface area contributed by atoms with Crippen LogP contribution in [0.15, 0.2) is 225 Å². The summed E-state index contributed by atoms with van der Waals surface area (Å²) in [6.45, 7) is 6.33. The average molecular weight is 879 g/mol. The van der Waals surface area contributed by atoms with Gasteiger partial charge in [0.25, 0.3) is 0 Å². The van der Waals surface area contributed by atoms with Crippen molar-refractivity contribution in [3.05, 3.63) is 258 Å². The van der Waals surface area contributed by atoms with Crippen molar-refractivity contribution in [2.24, 2.45) is 0 Å². The summed E-state index contributed by atoms with van der Waals surface area (Å²) < 4.78 is 28.4. The van der Waals surface area contributed by atoms with Gasteiger partial charge in [0.1, 0.15) is 0 Å². The topological polar surface area (TPSA) is 43.4 Å². The summed E-state index contributed by atoms with van der Waals surface area (Å²) in [7, 11) is 0. The largest absolute Gasteiger partial charge is 0.449 e. The molecule has 0 N–H and O–H groups in total. The summed E-state index contributed by atoms with van der Waals surface area (Å²) in [4.78, 5) is 4.42. The molecule has 4 aliphatic rings. The lowest BCUT2D eigenvalue weighted by Gasteiger charge is -2.39. The molecule has 6 nitrogen and oxygen atoms in total. The number of fused-ring (bicyclic) bond motifs is 14. The number of hydrogen-bond donors (Lipinski definition) is 0. The molecule has 6 heteroatoms. The molecule has 68 heavy (non-hydrogen) atoms. The van der Waals surface area contributed by atoms with Crippen LogP contribution in [0.25, 0.3) is 23.3 Å². The summed E-state index contributed by atoms with van der Waals surface area (Å²) in [5.41, 5.74) is 13.2. The molecule has 2 heterocycles. The standard InChI is InChI=1S/C62H42N2O4/c1-3-41(4-2)63(42-21-8-5-9-22-42)53-38-51-47(59-61(53)67-55-33-19-18-32-54(55)66-59)36-35-40-37-57-58(39-50(40)62(51)48-29-16-14-27-45(48)46-28-15-17-30-49(46)62)65-56-34-20-31-52(60(56)68-57)64(43-23-10-6-11-24-43)44-25-12-7-13-26-44/h3-39H,1H2,2H3/b41-4+. The van der Waals surface area contributed by atoms with Crippen LogP contribution < -0.4 is 28.7 Å². The Morgan fingerprint density at radius 2 is 0.985 bits per heavy atom. The van der Waals surface area contributed by atoms with Crippen LogP contribution in [-0.4, -0.2) is 0 Å². The highest BCUT2D eigenvalue weighted by atomic mass is 16.6. The van der Waals surface area contributed by atoms with Gasteiger partial charge in [0.05, 0.1) is 16.8 Å². The van der Waals surface area contributed by atoms with Gasteiger partial charge >= 0.3 is 0 Å². The van der Waals surface area contributed by atoms with Crippen molar-refractivity contribution in [1.82, 2.24) is 0 Å². The number of ether oxygens (including phenoxy) is 4. The van der Waals surface area contributed by atoms with Crippen LogP contribution in [0.5, 0.6) is 46.0 Å². The fourth-order valence-electron chi connectivity index (χ4n) is 10.7. The van der Waals surface area contributed by atoms with E-state index < -0.39 is 5.41 Å². The van der Waals surface area contributed by atoms with Gasteiger partial charge in [0.2, 0.25) is 0 Å². The van der Waals surface area contributed by atoms with Gasteiger partial charge < -0.3 is 28.7 Å². The van der Waals surface area contributed by atoms with E-state index in [0.717, 1.165) is 78.6 Å². The smallest absolute Gasteiger partial charge is 0.194 e. The quantitative estimate of drug-likeness (QED) is 0.149. The van der Waals surface area contributed by atoms with E-state index in [0.29, 0.717) is 46.0 Å². The molecule has 324 valence electrons. The lowest BCUT2D eigenvalue weighted by molar-refractivity contribution is 0.358. The Labute approximate surface area is 395 Å². The van der Waals surface area contributed by atoms with Crippen LogP contribution >= 0.6 is 0 Å². The Kier molecular flexibility index (Phi) is 9.02. The van der Waals surface area contributed by atoms with E-state index in [-0.39, 0.29) is 0 Å². The molecule has 13 rings (SSSR count). The molecule has 0 fully saturated rings. The van der Waals surface area contributed by atoms with Gasteiger partial charge in [-0.2, -0.15) is 0 Å². The predicted octanol–water partition coefficient (Wildman–Crippen LogP) is 17.0. The number of anilines is 5. The van der Waals surface area contributed by atoms with Crippen LogP contribution in [0, 0.1) is 0 Å². The maximum absolute atomic E-state index is 7.13. The molecule has 0 amide bonds. The van der Waals surface area contributed by atoms with E-state index in [4.69, 9.17) is 18.9 Å². The van der Waals surface area contributed by atoms with Crippen LogP contribution in [0.1, 0.15) is 40.3 Å². The molecule has 0 bridgehead atoms. The number of hydrogen-bond acceptors (Lipinski definition) is 6. The molecule has 0 saturated carbocycles. The van der Waals surface area contributed by atoms with Gasteiger partial charge in [-0.25, -0.2) is 0 Å². The third kappa shape index (κ3) is 5.84. The van der Waals surface area contributed by atoms with Gasteiger partial charge in [-0.3, -0.25) is 0 Å². The average Bonchev–Trinajstić information content (AvgIpc) is 3.61. The highest BCUT2D eigenvalue weighted by Gasteiger charge is 2.51. The number of para-hydroxylation sites is 6. The highest BCUT2D eigenvalue weighted by Crippen LogP contribution is 2.65. The van der Waals surface area contributed by atoms with E-state index in [9.17, 15) is 0 Å². The van der Waals surface area contributed by atoms with Gasteiger partial charge in [0.15, 0.2) is 46.0 Å². The van der Waals surface area contributed by atoms with Crippen LogP contribution in [0.4, 0.5) is 28.4 Å². The first-order chi connectivity index (χ1) is 33.6. The van der Waals surface area contributed by atoms with Crippen molar-refractivity contribution in [2.45, 2.75) is 12.3 Å². The zero-order chi connectivity index (χ0) is 45.3. The third-order valence-electron chi connectivity index (χ3n) is 13.5. The zero-order valence-electron chi connectivity index (χ0n) is 37.1. The Balaban J connectivity index is 1.08. The molecule has 2 aliphatic carbocycles. The highest BCUT2D eigenvalue weighted by molar-refractivity contribution is 5.96. The van der Waals surface area contributed by atoms with Crippen LogP contribution in [0.2, 0.25) is 0 Å². The number of nitrogens with zero attached hydrogens (tertiary/aromatic N) is 2. The normalized spacial score (nSPS) is 13.8. The van der Waals surface area contributed by atoms with Gasteiger partial charge in [-0.05, 0) is 131 Å². The Morgan fingerprint density at radius 3 is 1.62 bits per heavy atom. The molecule has 0 saturated heterocycles. The second-order valence-electron chi connectivity index (χ2n) is 17.1. The lowest BCUT2D eigenvalue weighted by Crippen LogP contribution is -2.31. The van der Waals surface area contributed by atoms with E-state index in [1.807, 2.05) is 67.6 Å². The summed E-state index contributed by atoms with van der Waals surface area (Å²) in [5, 5.41) is 0. The lowest BCUT2D eigenvalue weighted by atomic mass is 9.65. The molecule has 1 spiro atoms. The van der Waals surface area contributed by atoms with E-state index >= 15 is 0 Å². The van der Waals surface area contributed by atoms with Crippen molar-refractivity contribution >= 4 is 40.6 Å². The van der Waals surface area contributed by atoms with Crippen molar-refractivity contribution in [3.63, 3.8) is 0 Å². The minimum atomic E-state index is -0.879. The second kappa shape index (κ2) is 15.6. The molecular weight excluding hydrogens is 837 g/mol. The fourth-order valence-corrected chi connectivity index (χ4v) is 10.7. The van der Waals surface area contributed by atoms with Crippen LogP contribution in [0.3, 0.4) is 0 Å².